The molecule has 0 saturated carbocycles. The first-order valence-electron chi connectivity index (χ1n) is 17.5. The lowest BCUT2D eigenvalue weighted by molar-refractivity contribution is -0.438. The van der Waals surface area contributed by atoms with Crippen LogP contribution in [0.2, 0.25) is 0 Å². The summed E-state index contributed by atoms with van der Waals surface area (Å²) in [5.41, 5.74) is 7.80. The van der Waals surface area contributed by atoms with Gasteiger partial charge in [-0.15, -0.1) is 0 Å². The van der Waals surface area contributed by atoms with E-state index in [4.69, 9.17) is 4.98 Å². The van der Waals surface area contributed by atoms with E-state index in [0.29, 0.717) is 17.7 Å². The molecule has 0 saturated heterocycles. The molecule has 48 heavy (non-hydrogen) atoms. The molecule has 0 radical (unpaired) electrons. The highest BCUT2D eigenvalue weighted by Gasteiger charge is 2.47. The fraction of sp³-hybridized carbons (Fsp3) is 0.415. The third-order valence-electron chi connectivity index (χ3n) is 10.6. The lowest BCUT2D eigenvalue weighted by Gasteiger charge is -2.28. The minimum Gasteiger partial charge on any atom is -0.506 e. The molecule has 1 aliphatic carbocycles. The summed E-state index contributed by atoms with van der Waals surface area (Å²) >= 11 is 0. The number of unbranched alkanes of at least 4 members (excludes halogenated alkanes) is 5. The van der Waals surface area contributed by atoms with Gasteiger partial charge in [0.25, 0.3) is 0 Å². The highest BCUT2D eigenvalue weighted by atomic mass is 16.4. The highest BCUT2D eigenvalue weighted by molar-refractivity contribution is 6.24. The number of hydrogen-bond acceptors (Lipinski definition) is 5. The van der Waals surface area contributed by atoms with E-state index in [9.17, 15) is 19.8 Å². The van der Waals surface area contributed by atoms with Gasteiger partial charge in [-0.1, -0.05) is 52.5 Å². The summed E-state index contributed by atoms with van der Waals surface area (Å²) in [7, 11) is 0. The molecule has 3 heterocycles. The molecule has 0 atom stereocenters. The van der Waals surface area contributed by atoms with Gasteiger partial charge in [0.1, 0.15) is 12.3 Å². The van der Waals surface area contributed by atoms with Gasteiger partial charge in [-0.05, 0) is 76.1 Å². The van der Waals surface area contributed by atoms with Crippen LogP contribution in [0.1, 0.15) is 107 Å². The first kappa shape index (κ1) is 33.4. The molecule has 2 aliphatic heterocycles. The van der Waals surface area contributed by atoms with Crippen LogP contribution >= 0.6 is 0 Å². The van der Waals surface area contributed by atoms with Crippen LogP contribution in [-0.2, 0) is 15.6 Å². The zero-order valence-electron chi connectivity index (χ0n) is 29.4. The van der Waals surface area contributed by atoms with E-state index in [-0.39, 0.29) is 17.1 Å². The van der Waals surface area contributed by atoms with Crippen molar-refractivity contribution in [1.29, 1.82) is 0 Å². The molecule has 2 aromatic carbocycles. The molecule has 0 bridgehead atoms. The number of benzene rings is 2. The molecule has 3 aromatic rings. The van der Waals surface area contributed by atoms with Gasteiger partial charge in [0.2, 0.25) is 11.5 Å². The van der Waals surface area contributed by atoms with Crippen molar-refractivity contribution in [3.05, 3.63) is 99.6 Å². The van der Waals surface area contributed by atoms with Crippen molar-refractivity contribution in [3.8, 4) is 0 Å². The molecule has 2 N–H and O–H groups in total. The molecule has 7 heteroatoms. The van der Waals surface area contributed by atoms with E-state index >= 15 is 0 Å². The second-order valence-electron chi connectivity index (χ2n) is 14.5. The van der Waals surface area contributed by atoms with Crippen LogP contribution in [-0.4, -0.2) is 50.3 Å². The first-order valence-corrected chi connectivity index (χ1v) is 17.5. The number of aliphatic hydroxyl groups excluding tert-OH is 1. The van der Waals surface area contributed by atoms with Crippen molar-refractivity contribution in [3.63, 3.8) is 0 Å². The molecule has 0 amide bonds. The van der Waals surface area contributed by atoms with Gasteiger partial charge >= 0.3 is 5.97 Å². The number of hydrogen-bond donors (Lipinski definition) is 2. The normalized spacial score (nSPS) is 19.5. The number of carboxylic acids is 1. The van der Waals surface area contributed by atoms with Crippen molar-refractivity contribution < 1.29 is 24.4 Å². The van der Waals surface area contributed by atoms with Gasteiger partial charge in [0.15, 0.2) is 5.71 Å². The largest absolute Gasteiger partial charge is 0.506 e. The van der Waals surface area contributed by atoms with E-state index in [1.54, 1.807) is 12.1 Å². The number of aliphatic hydroxyl groups is 1. The Kier molecular flexibility index (Phi) is 8.69. The Morgan fingerprint density at radius 2 is 1.67 bits per heavy atom. The van der Waals surface area contributed by atoms with E-state index in [1.165, 1.54) is 31.2 Å². The monoisotopic (exact) mass is 646 g/mol. The minimum atomic E-state index is -0.965. The lowest BCUT2D eigenvalue weighted by atomic mass is 9.77. The van der Waals surface area contributed by atoms with E-state index in [2.05, 4.69) is 69.2 Å². The predicted molar refractivity (Wildman–Crippen MR) is 193 cm³/mol. The van der Waals surface area contributed by atoms with E-state index < -0.39 is 16.8 Å². The second-order valence-corrected chi connectivity index (χ2v) is 14.5. The predicted octanol–water partition coefficient (Wildman–Crippen LogP) is 9.00. The summed E-state index contributed by atoms with van der Waals surface area (Å²) in [5.74, 6) is -1.15. The Hall–Kier alpha value is -4.52. The maximum atomic E-state index is 13.9. The van der Waals surface area contributed by atoms with Crippen LogP contribution in [0, 0.1) is 6.92 Å². The van der Waals surface area contributed by atoms with Crippen LogP contribution in [0.3, 0.4) is 0 Å². The number of carbonyl (C=O) groups is 2. The fourth-order valence-electron chi connectivity index (χ4n) is 7.91. The van der Waals surface area contributed by atoms with Gasteiger partial charge in [0.05, 0.1) is 27.6 Å². The Morgan fingerprint density at radius 1 is 0.938 bits per heavy atom. The standard InChI is InChI=1S/C41H47N3O4/c1-8-10-11-12-13-14-21-44-32-19-16-26(39(47)48)22-30(32)40(4,5)34(44)23-28-37(45)29(38(28)46)24-35-41(6,7)36-27-17-15-25(3)42-31(27)18-20-33(36)43(35)9-2/h15-20,22-24H,8-14,21H2,1-7H3,(H-,45,46,47,48)/p+1. The molecule has 7 nitrogen and oxygen atoms in total. The van der Waals surface area contributed by atoms with Crippen LogP contribution in [0.4, 0.5) is 11.4 Å². The summed E-state index contributed by atoms with van der Waals surface area (Å²) in [4.78, 5) is 32.8. The molecule has 1 aromatic heterocycles. The molecular weight excluding hydrogens is 598 g/mol. The number of ketones is 1. The SMILES string of the molecule is CCCCCCCC[N+]1=C(/C=C2\C(=O)C(/C=C3/N(CC)c4ccc5nc(C)ccc5c4C3(C)C)=C2O)C(C)(C)c2cc(C(=O)O)ccc21. The van der Waals surface area contributed by atoms with Gasteiger partial charge in [0, 0.05) is 58.6 Å². The van der Waals surface area contributed by atoms with Crippen LogP contribution in [0.25, 0.3) is 10.9 Å². The van der Waals surface area contributed by atoms with Crippen molar-refractivity contribution in [1.82, 2.24) is 4.98 Å². The van der Waals surface area contributed by atoms with Crippen LogP contribution in [0.5, 0.6) is 0 Å². The summed E-state index contributed by atoms with van der Waals surface area (Å²) in [6.07, 6.45) is 10.6. The molecule has 250 valence electrons. The second kappa shape index (κ2) is 12.5. The van der Waals surface area contributed by atoms with E-state index in [0.717, 1.165) is 64.3 Å². The summed E-state index contributed by atoms with van der Waals surface area (Å²) in [6.45, 7) is 16.3. The van der Waals surface area contributed by atoms with Crippen molar-refractivity contribution in [2.75, 3.05) is 18.0 Å². The third kappa shape index (κ3) is 5.37. The van der Waals surface area contributed by atoms with Crippen molar-refractivity contribution in [2.24, 2.45) is 0 Å². The average molecular weight is 647 g/mol. The van der Waals surface area contributed by atoms with Gasteiger partial charge in [-0.2, -0.15) is 4.58 Å². The Morgan fingerprint density at radius 3 is 2.35 bits per heavy atom. The maximum absolute atomic E-state index is 13.9. The molecule has 0 fully saturated rings. The van der Waals surface area contributed by atoms with Crippen LogP contribution in [0.15, 0.2) is 77.2 Å². The van der Waals surface area contributed by atoms with Crippen LogP contribution < -0.4 is 4.90 Å². The molecular formula is C41H48N3O4+. The zero-order valence-corrected chi connectivity index (χ0v) is 29.4. The third-order valence-corrected chi connectivity index (χ3v) is 10.6. The number of pyridine rings is 1. The summed E-state index contributed by atoms with van der Waals surface area (Å²) < 4.78 is 2.22. The number of fused-ring (bicyclic) bond motifs is 4. The number of aromatic nitrogens is 1. The molecule has 0 unspecified atom stereocenters. The summed E-state index contributed by atoms with van der Waals surface area (Å²) in [5, 5.41) is 22.3. The number of carboxylic acid groups (broad SMARTS) is 1. The van der Waals surface area contributed by atoms with E-state index in [1.807, 2.05) is 31.2 Å². The van der Waals surface area contributed by atoms with Gasteiger partial charge < -0.3 is 15.1 Å². The molecule has 3 aliphatic rings. The number of Topliss-reactive ketones (excluding diaryl/α,β-unsaturated/α-hetero) is 1. The number of aromatic carboxylic acids is 1. The number of carbonyl (C=O) groups excluding carboxylic acids is 1. The number of likely N-dealkylation sites (N-methyl/N-ethyl adjacent to an activating group) is 1. The minimum absolute atomic E-state index is 0.00227. The van der Waals surface area contributed by atoms with Crippen molar-refractivity contribution in [2.45, 2.75) is 97.8 Å². The van der Waals surface area contributed by atoms with Crippen molar-refractivity contribution >= 4 is 39.7 Å². The lowest BCUT2D eigenvalue weighted by Crippen LogP contribution is -2.32. The Balaban J connectivity index is 1.39. The number of aryl methyl sites for hydroxylation is 1. The topological polar surface area (TPSA) is 93.7 Å². The Labute approximate surface area is 284 Å². The average Bonchev–Trinajstić information content (AvgIpc) is 3.41. The fourth-order valence-corrected chi connectivity index (χ4v) is 7.91. The number of nitrogens with zero attached hydrogens (tertiary/aromatic N) is 3. The molecule has 0 spiro atoms. The molecule has 6 rings (SSSR count). The number of anilines is 1. The first-order chi connectivity index (χ1) is 22.8. The quantitative estimate of drug-likeness (QED) is 0.123. The smallest absolute Gasteiger partial charge is 0.335 e. The zero-order chi connectivity index (χ0) is 34.5. The number of rotatable bonds is 11. The van der Waals surface area contributed by atoms with Gasteiger partial charge in [-0.25, -0.2) is 4.79 Å². The summed E-state index contributed by atoms with van der Waals surface area (Å²) in [6, 6.07) is 13.6. The Bertz CT molecular complexity index is 1970. The maximum Gasteiger partial charge on any atom is 0.335 e. The number of allylic oxidation sites excluding steroid dienone is 5. The highest BCUT2D eigenvalue weighted by Crippen LogP contribution is 2.51. The van der Waals surface area contributed by atoms with Gasteiger partial charge in [-0.3, -0.25) is 9.78 Å².